The molecule has 1 fully saturated rings. The first kappa shape index (κ1) is 20.2. The van der Waals surface area contributed by atoms with E-state index in [1.165, 1.54) is 12.1 Å². The normalized spacial score (nSPS) is 15.5. The fourth-order valence-electron chi connectivity index (χ4n) is 3.14. The molecule has 1 aliphatic heterocycles. The molecule has 1 heterocycles. The smallest absolute Gasteiger partial charge is 0.323 e. The van der Waals surface area contributed by atoms with Crippen molar-refractivity contribution in [2.75, 3.05) is 30.8 Å². The van der Waals surface area contributed by atoms with E-state index in [-0.39, 0.29) is 4.90 Å². The number of amides is 2. The van der Waals surface area contributed by atoms with Crippen molar-refractivity contribution in [2.45, 2.75) is 30.6 Å². The number of nitrogens with one attached hydrogen (secondary N) is 2. The summed E-state index contributed by atoms with van der Waals surface area (Å²) in [6.07, 6.45) is 3.92. The van der Waals surface area contributed by atoms with E-state index in [4.69, 9.17) is 4.74 Å². The SMILES string of the molecule is COc1cccc(NC(=O)Nc2ccc(S(=O)(=O)N3CCCCCC3)cc2)c1. The summed E-state index contributed by atoms with van der Waals surface area (Å²) < 4.78 is 32.3. The minimum absolute atomic E-state index is 0.244. The van der Waals surface area contributed by atoms with E-state index in [0.29, 0.717) is 30.2 Å². The maximum atomic E-state index is 12.8. The van der Waals surface area contributed by atoms with Gasteiger partial charge in [0.2, 0.25) is 10.0 Å². The van der Waals surface area contributed by atoms with Crippen LogP contribution in [0.5, 0.6) is 5.75 Å². The largest absolute Gasteiger partial charge is 0.497 e. The lowest BCUT2D eigenvalue weighted by Crippen LogP contribution is -2.31. The molecular weight excluding hydrogens is 378 g/mol. The first-order chi connectivity index (χ1) is 13.5. The maximum Gasteiger partial charge on any atom is 0.323 e. The lowest BCUT2D eigenvalue weighted by molar-refractivity contribution is 0.262. The number of nitrogens with zero attached hydrogens (tertiary/aromatic N) is 1. The average molecular weight is 404 g/mol. The summed E-state index contributed by atoms with van der Waals surface area (Å²) in [4.78, 5) is 12.4. The third kappa shape index (κ3) is 5.02. The summed E-state index contributed by atoms with van der Waals surface area (Å²) in [6.45, 7) is 1.12. The highest BCUT2D eigenvalue weighted by atomic mass is 32.2. The second kappa shape index (κ2) is 9.07. The Hall–Kier alpha value is -2.58. The van der Waals surface area contributed by atoms with Crippen molar-refractivity contribution in [3.63, 3.8) is 0 Å². The molecule has 2 aromatic rings. The van der Waals surface area contributed by atoms with Crippen LogP contribution in [0.3, 0.4) is 0 Å². The van der Waals surface area contributed by atoms with Crippen LogP contribution in [0.25, 0.3) is 0 Å². The molecule has 0 saturated carbocycles. The van der Waals surface area contributed by atoms with Gasteiger partial charge in [-0.1, -0.05) is 18.9 Å². The van der Waals surface area contributed by atoms with Gasteiger partial charge in [-0.3, -0.25) is 0 Å². The lowest BCUT2D eigenvalue weighted by atomic mass is 10.2. The zero-order chi connectivity index (χ0) is 20.0. The second-order valence-corrected chi connectivity index (χ2v) is 8.59. The Morgan fingerprint density at radius 2 is 1.57 bits per heavy atom. The summed E-state index contributed by atoms with van der Waals surface area (Å²) in [5.41, 5.74) is 1.10. The molecule has 0 radical (unpaired) electrons. The number of sulfonamides is 1. The fourth-order valence-corrected chi connectivity index (χ4v) is 4.65. The lowest BCUT2D eigenvalue weighted by Gasteiger charge is -2.20. The van der Waals surface area contributed by atoms with Crippen LogP contribution in [0.2, 0.25) is 0 Å². The van der Waals surface area contributed by atoms with Gasteiger partial charge in [0, 0.05) is 30.5 Å². The van der Waals surface area contributed by atoms with Gasteiger partial charge in [0.25, 0.3) is 0 Å². The van der Waals surface area contributed by atoms with Crippen molar-refractivity contribution in [3.05, 3.63) is 48.5 Å². The van der Waals surface area contributed by atoms with Gasteiger partial charge in [0.05, 0.1) is 12.0 Å². The van der Waals surface area contributed by atoms with Crippen LogP contribution >= 0.6 is 0 Å². The molecule has 0 aliphatic carbocycles. The molecule has 0 unspecified atom stereocenters. The Labute approximate surface area is 165 Å². The van der Waals surface area contributed by atoms with Gasteiger partial charge in [-0.25, -0.2) is 13.2 Å². The van der Waals surface area contributed by atoms with E-state index >= 15 is 0 Å². The minimum atomic E-state index is -3.50. The number of anilines is 2. The number of hydrogen-bond acceptors (Lipinski definition) is 4. The standard InChI is InChI=1S/C20H25N3O4S/c1-27-18-8-6-7-17(15-18)22-20(24)21-16-9-11-19(12-10-16)28(25,26)23-13-4-2-3-5-14-23/h6-12,15H,2-5,13-14H2,1H3,(H2,21,22,24). The highest BCUT2D eigenvalue weighted by Crippen LogP contribution is 2.22. The molecule has 0 atom stereocenters. The predicted molar refractivity (Wildman–Crippen MR) is 109 cm³/mol. The van der Waals surface area contributed by atoms with Crippen molar-refractivity contribution in [1.29, 1.82) is 0 Å². The van der Waals surface area contributed by atoms with Crippen LogP contribution in [-0.2, 0) is 10.0 Å². The topological polar surface area (TPSA) is 87.7 Å². The first-order valence-corrected chi connectivity index (χ1v) is 10.8. The number of carbonyl (C=O) groups is 1. The molecule has 3 rings (SSSR count). The van der Waals surface area contributed by atoms with Crippen LogP contribution in [0.1, 0.15) is 25.7 Å². The van der Waals surface area contributed by atoms with Crippen LogP contribution in [-0.4, -0.2) is 39.0 Å². The van der Waals surface area contributed by atoms with Gasteiger partial charge in [-0.05, 0) is 49.2 Å². The van der Waals surface area contributed by atoms with Crippen molar-refractivity contribution in [3.8, 4) is 5.75 Å². The Balaban J connectivity index is 1.64. The van der Waals surface area contributed by atoms with Gasteiger partial charge in [-0.2, -0.15) is 4.31 Å². The maximum absolute atomic E-state index is 12.8. The number of ether oxygens (including phenoxy) is 1. The van der Waals surface area contributed by atoms with Crippen LogP contribution in [0.15, 0.2) is 53.4 Å². The number of urea groups is 1. The van der Waals surface area contributed by atoms with Crippen molar-refractivity contribution in [1.82, 2.24) is 4.31 Å². The average Bonchev–Trinajstić information content (AvgIpc) is 2.98. The van der Waals surface area contributed by atoms with Gasteiger partial charge in [0.1, 0.15) is 5.75 Å². The summed E-state index contributed by atoms with van der Waals surface area (Å²) in [5.74, 6) is 0.640. The van der Waals surface area contributed by atoms with E-state index < -0.39 is 16.1 Å². The number of rotatable bonds is 5. The third-order valence-electron chi connectivity index (χ3n) is 4.64. The van der Waals surface area contributed by atoms with Crippen molar-refractivity contribution >= 4 is 27.4 Å². The Morgan fingerprint density at radius 1 is 0.929 bits per heavy atom. The summed E-state index contributed by atoms with van der Waals surface area (Å²) in [7, 11) is -1.94. The van der Waals surface area contributed by atoms with Crippen LogP contribution in [0.4, 0.5) is 16.2 Å². The Bertz CT molecular complexity index is 905. The number of methoxy groups -OCH3 is 1. The van der Waals surface area contributed by atoms with E-state index in [1.807, 2.05) is 0 Å². The van der Waals surface area contributed by atoms with E-state index in [2.05, 4.69) is 10.6 Å². The van der Waals surface area contributed by atoms with Gasteiger partial charge in [0.15, 0.2) is 0 Å². The molecule has 28 heavy (non-hydrogen) atoms. The van der Waals surface area contributed by atoms with Gasteiger partial charge >= 0.3 is 6.03 Å². The van der Waals surface area contributed by atoms with E-state index in [9.17, 15) is 13.2 Å². The predicted octanol–water partition coefficient (Wildman–Crippen LogP) is 3.90. The summed E-state index contributed by atoms with van der Waals surface area (Å²) >= 11 is 0. The zero-order valence-electron chi connectivity index (χ0n) is 15.8. The second-order valence-electron chi connectivity index (χ2n) is 6.65. The zero-order valence-corrected chi connectivity index (χ0v) is 16.7. The molecule has 150 valence electrons. The number of hydrogen-bond donors (Lipinski definition) is 2. The molecule has 7 nitrogen and oxygen atoms in total. The highest BCUT2D eigenvalue weighted by molar-refractivity contribution is 7.89. The van der Waals surface area contributed by atoms with E-state index in [0.717, 1.165) is 25.7 Å². The molecule has 2 aromatic carbocycles. The molecule has 8 heteroatoms. The molecule has 0 aromatic heterocycles. The monoisotopic (exact) mass is 403 g/mol. The summed E-state index contributed by atoms with van der Waals surface area (Å²) in [5, 5.41) is 5.41. The molecule has 2 N–H and O–H groups in total. The van der Waals surface area contributed by atoms with E-state index in [1.54, 1.807) is 47.8 Å². The molecule has 1 saturated heterocycles. The quantitative estimate of drug-likeness (QED) is 0.792. The van der Waals surface area contributed by atoms with Crippen LogP contribution < -0.4 is 15.4 Å². The van der Waals surface area contributed by atoms with Crippen molar-refractivity contribution < 1.29 is 17.9 Å². The Kier molecular flexibility index (Phi) is 6.53. The molecule has 2 amide bonds. The number of carbonyl (C=O) groups excluding carboxylic acids is 1. The fraction of sp³-hybridized carbons (Fsp3) is 0.350. The first-order valence-electron chi connectivity index (χ1n) is 9.31. The number of benzene rings is 2. The molecular formula is C20H25N3O4S. The summed E-state index contributed by atoms with van der Waals surface area (Å²) in [6, 6.07) is 12.8. The third-order valence-corrected chi connectivity index (χ3v) is 6.56. The Morgan fingerprint density at radius 3 is 2.21 bits per heavy atom. The molecule has 1 aliphatic rings. The highest BCUT2D eigenvalue weighted by Gasteiger charge is 2.24. The van der Waals surface area contributed by atoms with Gasteiger partial charge < -0.3 is 15.4 Å². The van der Waals surface area contributed by atoms with Crippen LogP contribution in [0, 0.1) is 0 Å². The van der Waals surface area contributed by atoms with Crippen molar-refractivity contribution in [2.24, 2.45) is 0 Å². The molecule has 0 spiro atoms. The molecule has 0 bridgehead atoms. The minimum Gasteiger partial charge on any atom is -0.497 e. The van der Waals surface area contributed by atoms with Gasteiger partial charge in [-0.15, -0.1) is 0 Å².